The average Bonchev–Trinajstić information content (AvgIpc) is 3.00. The molecule has 1 atom stereocenters. The van der Waals surface area contributed by atoms with Crippen LogP contribution in [0.2, 0.25) is 0 Å². The molecule has 0 bridgehead atoms. The monoisotopic (exact) mass is 440 g/mol. The van der Waals surface area contributed by atoms with Crippen LogP contribution in [0.15, 0.2) is 21.3 Å². The van der Waals surface area contributed by atoms with Crippen LogP contribution in [0.3, 0.4) is 0 Å². The first-order valence-corrected chi connectivity index (χ1v) is 9.39. The summed E-state index contributed by atoms with van der Waals surface area (Å²) >= 11 is 3.40. The zero-order valence-corrected chi connectivity index (χ0v) is 16.8. The second-order valence-corrected chi connectivity index (χ2v) is 7.15. The predicted octanol–water partition coefficient (Wildman–Crippen LogP) is 2.56. The lowest BCUT2D eigenvalue weighted by Crippen LogP contribution is -2.31. The third-order valence-corrected chi connectivity index (χ3v) is 5.05. The molecule has 0 spiro atoms. The molecule has 1 fully saturated rings. The third kappa shape index (κ3) is 4.79. The number of pyridine rings is 1. The maximum Gasteiger partial charge on any atom is 0.288 e. The number of ether oxygens (including phenoxy) is 1. The molecule has 1 aliphatic rings. The van der Waals surface area contributed by atoms with Crippen molar-refractivity contribution in [1.82, 2.24) is 20.0 Å². The molecule has 3 rings (SSSR count). The number of methoxy groups -OCH3 is 1. The number of nitrogens with zero attached hydrogens (tertiary/aromatic N) is 6. The molecule has 0 amide bonds. The molecule has 11 heteroatoms. The Morgan fingerprint density at radius 2 is 2.22 bits per heavy atom. The molecule has 146 valence electrons. The summed E-state index contributed by atoms with van der Waals surface area (Å²) in [6.07, 6.45) is 2.02. The smallest absolute Gasteiger partial charge is 0.288 e. The molecule has 1 saturated heterocycles. The fraction of sp³-hybridized carbons (Fsp3) is 0.562. The zero-order chi connectivity index (χ0) is 19.4. The summed E-state index contributed by atoms with van der Waals surface area (Å²) in [6.45, 7) is 5.69. The van der Waals surface area contributed by atoms with Gasteiger partial charge in [-0.3, -0.25) is 15.0 Å². The Morgan fingerprint density at radius 1 is 1.41 bits per heavy atom. The molecule has 1 aliphatic heterocycles. The Labute approximate surface area is 164 Å². The summed E-state index contributed by atoms with van der Waals surface area (Å²) in [7, 11) is 1.61. The summed E-state index contributed by atoms with van der Waals surface area (Å²) in [6, 6.07) is 1.49. The van der Waals surface area contributed by atoms with Crippen LogP contribution in [0, 0.1) is 10.1 Å². The van der Waals surface area contributed by atoms with Gasteiger partial charge in [-0.05, 0) is 29.3 Å². The number of nitro groups is 1. The largest absolute Gasteiger partial charge is 0.374 e. The van der Waals surface area contributed by atoms with Crippen molar-refractivity contribution in [3.63, 3.8) is 0 Å². The highest BCUT2D eigenvalue weighted by Crippen LogP contribution is 2.28. The minimum Gasteiger partial charge on any atom is -0.374 e. The van der Waals surface area contributed by atoms with E-state index in [1.165, 1.54) is 12.3 Å². The second-order valence-electron chi connectivity index (χ2n) is 6.30. The topological polar surface area (TPSA) is 111 Å². The van der Waals surface area contributed by atoms with Crippen LogP contribution in [0.5, 0.6) is 0 Å². The van der Waals surface area contributed by atoms with E-state index < -0.39 is 4.92 Å². The SMILES string of the molecule is COC(C)c1noc(CN2CCCN(c3ncc([N+](=O)[O-])cc3Br)CC2)n1. The van der Waals surface area contributed by atoms with Crippen LogP contribution >= 0.6 is 15.9 Å². The van der Waals surface area contributed by atoms with Gasteiger partial charge < -0.3 is 14.2 Å². The standard InChI is InChI=1S/C16H21BrN6O4/c1-11(26-2)15-19-14(27-20-15)10-21-4-3-5-22(7-6-21)16-13(17)8-12(9-18-16)23(24)25/h8-9,11H,3-7,10H2,1-2H3. The highest BCUT2D eigenvalue weighted by atomic mass is 79.9. The average molecular weight is 441 g/mol. The molecule has 0 saturated carbocycles. The maximum absolute atomic E-state index is 10.9. The maximum atomic E-state index is 10.9. The van der Waals surface area contributed by atoms with Crippen molar-refractivity contribution in [1.29, 1.82) is 0 Å². The number of aromatic nitrogens is 3. The second kappa shape index (κ2) is 8.72. The van der Waals surface area contributed by atoms with Crippen LogP contribution in [-0.2, 0) is 11.3 Å². The zero-order valence-electron chi connectivity index (χ0n) is 15.2. The van der Waals surface area contributed by atoms with Gasteiger partial charge in [0.25, 0.3) is 5.69 Å². The van der Waals surface area contributed by atoms with Gasteiger partial charge in [-0.15, -0.1) is 0 Å². The van der Waals surface area contributed by atoms with Gasteiger partial charge >= 0.3 is 0 Å². The Morgan fingerprint density at radius 3 is 2.93 bits per heavy atom. The van der Waals surface area contributed by atoms with Crippen LogP contribution in [-0.4, -0.2) is 58.2 Å². The van der Waals surface area contributed by atoms with Gasteiger partial charge in [-0.2, -0.15) is 4.98 Å². The molecule has 2 aromatic heterocycles. The Balaban J connectivity index is 1.62. The predicted molar refractivity (Wildman–Crippen MR) is 100 cm³/mol. The Bertz CT molecular complexity index is 801. The lowest BCUT2D eigenvalue weighted by molar-refractivity contribution is -0.385. The van der Waals surface area contributed by atoms with Gasteiger partial charge in [0, 0.05) is 39.4 Å². The van der Waals surface area contributed by atoms with Crippen LogP contribution in [0.4, 0.5) is 11.5 Å². The third-order valence-electron chi connectivity index (χ3n) is 4.47. The fourth-order valence-corrected chi connectivity index (χ4v) is 3.48. The van der Waals surface area contributed by atoms with E-state index in [1.54, 1.807) is 7.11 Å². The number of rotatable bonds is 6. The molecular weight excluding hydrogens is 420 g/mol. The highest BCUT2D eigenvalue weighted by molar-refractivity contribution is 9.10. The molecule has 1 unspecified atom stereocenters. The molecule has 27 heavy (non-hydrogen) atoms. The van der Waals surface area contributed by atoms with Crippen LogP contribution < -0.4 is 4.90 Å². The van der Waals surface area contributed by atoms with E-state index in [9.17, 15) is 10.1 Å². The van der Waals surface area contributed by atoms with E-state index in [0.29, 0.717) is 22.7 Å². The van der Waals surface area contributed by atoms with E-state index in [-0.39, 0.29) is 11.8 Å². The first-order chi connectivity index (χ1) is 13.0. The molecule has 0 radical (unpaired) electrons. The van der Waals surface area contributed by atoms with Gasteiger partial charge in [-0.1, -0.05) is 5.16 Å². The highest BCUT2D eigenvalue weighted by Gasteiger charge is 2.21. The van der Waals surface area contributed by atoms with Crippen molar-refractivity contribution in [2.24, 2.45) is 0 Å². The summed E-state index contributed by atoms with van der Waals surface area (Å²) in [5.41, 5.74) is -0.0282. The molecule has 3 heterocycles. The summed E-state index contributed by atoms with van der Waals surface area (Å²) in [5.74, 6) is 1.83. The minimum atomic E-state index is -0.450. The van der Waals surface area contributed by atoms with Gasteiger partial charge in [0.1, 0.15) is 18.1 Å². The lowest BCUT2D eigenvalue weighted by Gasteiger charge is -2.23. The molecular formula is C16H21BrN6O4. The summed E-state index contributed by atoms with van der Waals surface area (Å²) < 4.78 is 11.1. The molecule has 0 N–H and O–H groups in total. The van der Waals surface area contributed by atoms with E-state index in [4.69, 9.17) is 9.26 Å². The van der Waals surface area contributed by atoms with Crippen molar-refractivity contribution < 1.29 is 14.2 Å². The number of halogens is 1. The Kier molecular flexibility index (Phi) is 6.34. The van der Waals surface area contributed by atoms with Crippen molar-refractivity contribution in [3.8, 4) is 0 Å². The van der Waals surface area contributed by atoms with E-state index in [0.717, 1.165) is 38.4 Å². The number of hydrogen-bond donors (Lipinski definition) is 0. The molecule has 10 nitrogen and oxygen atoms in total. The summed E-state index contributed by atoms with van der Waals surface area (Å²) in [4.78, 5) is 23.4. The van der Waals surface area contributed by atoms with Crippen molar-refractivity contribution >= 4 is 27.4 Å². The van der Waals surface area contributed by atoms with Crippen molar-refractivity contribution in [2.45, 2.75) is 26.0 Å². The van der Waals surface area contributed by atoms with Crippen LogP contribution in [0.1, 0.15) is 31.2 Å². The normalized spacial score (nSPS) is 16.9. The minimum absolute atomic E-state index is 0.0282. The molecule has 2 aromatic rings. The quantitative estimate of drug-likeness (QED) is 0.493. The first-order valence-electron chi connectivity index (χ1n) is 8.60. The van der Waals surface area contributed by atoms with E-state index in [1.807, 2.05) is 6.92 Å². The van der Waals surface area contributed by atoms with Gasteiger partial charge in [-0.25, -0.2) is 4.98 Å². The fourth-order valence-electron chi connectivity index (χ4n) is 2.89. The van der Waals surface area contributed by atoms with Gasteiger partial charge in [0.2, 0.25) is 5.89 Å². The summed E-state index contributed by atoms with van der Waals surface area (Å²) in [5, 5.41) is 14.8. The number of anilines is 1. The molecule has 0 aliphatic carbocycles. The number of hydrogen-bond acceptors (Lipinski definition) is 9. The van der Waals surface area contributed by atoms with Crippen molar-refractivity contribution in [3.05, 3.63) is 38.6 Å². The van der Waals surface area contributed by atoms with Gasteiger partial charge in [0.15, 0.2) is 5.82 Å². The Hall–Kier alpha value is -2.11. The van der Waals surface area contributed by atoms with Crippen molar-refractivity contribution in [2.75, 3.05) is 38.2 Å². The van der Waals surface area contributed by atoms with E-state index in [2.05, 4.69) is 40.9 Å². The van der Waals surface area contributed by atoms with E-state index >= 15 is 0 Å². The van der Waals surface area contributed by atoms with Crippen LogP contribution in [0.25, 0.3) is 0 Å². The lowest BCUT2D eigenvalue weighted by atomic mass is 10.3. The first kappa shape index (κ1) is 19.6. The molecule has 0 aromatic carbocycles. The van der Waals surface area contributed by atoms with Gasteiger partial charge in [0.05, 0.1) is 15.9 Å².